The number of ketones is 1. The molecule has 5 heteroatoms. The van der Waals surface area contributed by atoms with Crippen LogP contribution in [0.5, 0.6) is 11.5 Å². The Balaban J connectivity index is 1.81. The summed E-state index contributed by atoms with van der Waals surface area (Å²) < 4.78 is 10.9. The van der Waals surface area contributed by atoms with Crippen LogP contribution in [0.3, 0.4) is 0 Å². The zero-order chi connectivity index (χ0) is 20.0. The zero-order valence-electron chi connectivity index (χ0n) is 15.9. The van der Waals surface area contributed by atoms with Crippen molar-refractivity contribution in [3.63, 3.8) is 0 Å². The average molecular weight is 399 g/mol. The summed E-state index contributed by atoms with van der Waals surface area (Å²) in [5, 5.41) is 2.03. The number of methoxy groups -OCH3 is 2. The molecule has 0 radical (unpaired) electrons. The summed E-state index contributed by atoms with van der Waals surface area (Å²) in [4.78, 5) is 19.2. The molecule has 29 heavy (non-hydrogen) atoms. The molecule has 0 atom stereocenters. The van der Waals surface area contributed by atoms with Crippen molar-refractivity contribution in [2.24, 2.45) is 0 Å². The predicted octanol–water partition coefficient (Wildman–Crippen LogP) is 5.71. The Morgan fingerprint density at radius 1 is 0.828 bits per heavy atom. The van der Waals surface area contributed by atoms with Crippen LogP contribution in [-0.4, -0.2) is 25.0 Å². The third-order valence-electron chi connectivity index (χ3n) is 5.14. The smallest absolute Gasteiger partial charge is 0.196 e. The number of aromatic nitrogens is 1. The maximum Gasteiger partial charge on any atom is 0.196 e. The van der Waals surface area contributed by atoms with Gasteiger partial charge >= 0.3 is 0 Å². The molecule has 1 aliphatic carbocycles. The van der Waals surface area contributed by atoms with Gasteiger partial charge < -0.3 is 9.47 Å². The van der Waals surface area contributed by atoms with E-state index in [0.717, 1.165) is 33.0 Å². The fourth-order valence-corrected chi connectivity index (χ4v) is 4.46. The van der Waals surface area contributed by atoms with Crippen molar-refractivity contribution in [3.05, 3.63) is 77.2 Å². The average Bonchev–Trinajstić information content (AvgIpc) is 3.40. The molecule has 2 heterocycles. The molecule has 0 N–H and O–H groups in total. The first kappa shape index (κ1) is 17.6. The van der Waals surface area contributed by atoms with Gasteiger partial charge in [0.1, 0.15) is 0 Å². The van der Waals surface area contributed by atoms with Crippen LogP contribution in [0.1, 0.15) is 15.9 Å². The number of hydrogen-bond donors (Lipinski definition) is 0. The van der Waals surface area contributed by atoms with E-state index in [1.807, 2.05) is 66.0 Å². The lowest BCUT2D eigenvalue weighted by molar-refractivity contribution is 0.104. The molecule has 0 saturated heterocycles. The molecular weight excluding hydrogens is 382 g/mol. The van der Waals surface area contributed by atoms with Gasteiger partial charge in [0.15, 0.2) is 17.3 Å². The Morgan fingerprint density at radius 2 is 1.62 bits per heavy atom. The van der Waals surface area contributed by atoms with Crippen molar-refractivity contribution in [2.45, 2.75) is 0 Å². The van der Waals surface area contributed by atoms with E-state index in [0.29, 0.717) is 22.6 Å². The van der Waals surface area contributed by atoms with Gasteiger partial charge in [0, 0.05) is 11.1 Å². The first-order valence-electron chi connectivity index (χ1n) is 9.16. The first-order valence-corrected chi connectivity index (χ1v) is 10.0. The van der Waals surface area contributed by atoms with E-state index < -0.39 is 0 Å². The fraction of sp³-hybridized carbons (Fsp3) is 0.0833. The SMILES string of the molecule is COc1ccc(-c2cc(-c3cccs3)nc3c2C(=O)c2ccccc2-3)cc1OC. The molecule has 0 fully saturated rings. The van der Waals surface area contributed by atoms with Gasteiger partial charge in [-0.05, 0) is 40.8 Å². The number of ether oxygens (including phenoxy) is 2. The third kappa shape index (κ3) is 2.74. The number of thiophene rings is 1. The molecule has 0 aliphatic heterocycles. The number of carbonyl (C=O) groups excluding carboxylic acids is 1. The van der Waals surface area contributed by atoms with Gasteiger partial charge in [0.25, 0.3) is 0 Å². The molecule has 4 nitrogen and oxygen atoms in total. The highest BCUT2D eigenvalue weighted by atomic mass is 32.1. The highest BCUT2D eigenvalue weighted by Gasteiger charge is 2.31. The Labute approximate surface area is 172 Å². The lowest BCUT2D eigenvalue weighted by Gasteiger charge is -2.13. The van der Waals surface area contributed by atoms with Crippen LogP contribution in [0.4, 0.5) is 0 Å². The topological polar surface area (TPSA) is 48.4 Å². The molecule has 0 spiro atoms. The number of carbonyl (C=O) groups is 1. The van der Waals surface area contributed by atoms with E-state index in [-0.39, 0.29) is 5.78 Å². The second-order valence-corrected chi connectivity index (χ2v) is 7.65. The second kappa shape index (κ2) is 6.87. The van der Waals surface area contributed by atoms with E-state index in [1.54, 1.807) is 25.6 Å². The molecule has 142 valence electrons. The quantitative estimate of drug-likeness (QED) is 0.389. The predicted molar refractivity (Wildman–Crippen MR) is 115 cm³/mol. The van der Waals surface area contributed by atoms with Gasteiger partial charge in [-0.2, -0.15) is 0 Å². The molecule has 0 bridgehead atoms. The van der Waals surface area contributed by atoms with Gasteiger partial charge in [0.05, 0.1) is 36.0 Å². The van der Waals surface area contributed by atoms with Gasteiger partial charge in [0.2, 0.25) is 0 Å². The van der Waals surface area contributed by atoms with E-state index in [1.165, 1.54) is 0 Å². The number of rotatable bonds is 4. The van der Waals surface area contributed by atoms with Crippen LogP contribution in [0.15, 0.2) is 66.0 Å². The molecule has 0 unspecified atom stereocenters. The summed E-state index contributed by atoms with van der Waals surface area (Å²) in [6, 6.07) is 19.4. The van der Waals surface area contributed by atoms with E-state index in [4.69, 9.17) is 14.5 Å². The number of pyridine rings is 1. The molecule has 0 saturated carbocycles. The van der Waals surface area contributed by atoms with Gasteiger partial charge in [-0.25, -0.2) is 4.98 Å². The van der Waals surface area contributed by atoms with E-state index >= 15 is 0 Å². The summed E-state index contributed by atoms with van der Waals surface area (Å²) in [5.74, 6) is 1.27. The van der Waals surface area contributed by atoms with Crippen molar-refractivity contribution in [1.82, 2.24) is 4.98 Å². The minimum atomic E-state index is 0.00520. The van der Waals surface area contributed by atoms with E-state index in [2.05, 4.69) is 0 Å². The van der Waals surface area contributed by atoms with Crippen LogP contribution < -0.4 is 9.47 Å². The van der Waals surface area contributed by atoms with Gasteiger partial charge in [-0.3, -0.25) is 4.79 Å². The number of fused-ring (bicyclic) bond motifs is 3. The number of nitrogens with zero attached hydrogens (tertiary/aromatic N) is 1. The summed E-state index contributed by atoms with van der Waals surface area (Å²) in [7, 11) is 3.22. The minimum Gasteiger partial charge on any atom is -0.493 e. The lowest BCUT2D eigenvalue weighted by Crippen LogP contribution is -2.00. The van der Waals surface area contributed by atoms with Crippen molar-refractivity contribution < 1.29 is 14.3 Å². The third-order valence-corrected chi connectivity index (χ3v) is 6.03. The molecular formula is C24H17NO3S. The summed E-state index contributed by atoms with van der Waals surface area (Å²) >= 11 is 1.63. The van der Waals surface area contributed by atoms with Crippen LogP contribution in [0.2, 0.25) is 0 Å². The number of hydrogen-bond acceptors (Lipinski definition) is 5. The lowest BCUT2D eigenvalue weighted by atomic mass is 9.96. The van der Waals surface area contributed by atoms with E-state index in [9.17, 15) is 4.79 Å². The second-order valence-electron chi connectivity index (χ2n) is 6.70. The van der Waals surface area contributed by atoms with Gasteiger partial charge in [-0.1, -0.05) is 36.4 Å². The molecule has 4 aromatic rings. The van der Waals surface area contributed by atoms with Crippen molar-refractivity contribution in [2.75, 3.05) is 14.2 Å². The highest BCUT2D eigenvalue weighted by molar-refractivity contribution is 7.13. The monoisotopic (exact) mass is 399 g/mol. The maximum absolute atomic E-state index is 13.3. The van der Waals surface area contributed by atoms with Gasteiger partial charge in [-0.15, -0.1) is 11.3 Å². The molecule has 0 amide bonds. The molecule has 5 rings (SSSR count). The Bertz CT molecular complexity index is 1250. The summed E-state index contributed by atoms with van der Waals surface area (Å²) in [6.45, 7) is 0. The molecule has 2 aromatic heterocycles. The Morgan fingerprint density at radius 3 is 2.34 bits per heavy atom. The van der Waals surface area contributed by atoms with Crippen LogP contribution in [0.25, 0.3) is 33.0 Å². The normalized spacial score (nSPS) is 11.9. The zero-order valence-corrected chi connectivity index (χ0v) is 16.7. The van der Waals surface area contributed by atoms with Crippen LogP contribution in [0, 0.1) is 0 Å². The largest absolute Gasteiger partial charge is 0.493 e. The van der Waals surface area contributed by atoms with Crippen molar-refractivity contribution in [1.29, 1.82) is 0 Å². The molecule has 2 aromatic carbocycles. The van der Waals surface area contributed by atoms with Crippen molar-refractivity contribution in [3.8, 4) is 44.5 Å². The van der Waals surface area contributed by atoms with Crippen LogP contribution in [-0.2, 0) is 0 Å². The molecule has 1 aliphatic rings. The fourth-order valence-electron chi connectivity index (χ4n) is 3.77. The maximum atomic E-state index is 13.3. The highest BCUT2D eigenvalue weighted by Crippen LogP contribution is 2.44. The standard InChI is InChI=1S/C24H17NO3S/c1-27-19-10-9-14(12-20(19)28-2)17-13-18(21-8-5-11-29-21)25-23-15-6-3-4-7-16(15)24(26)22(17)23/h3-13H,1-2H3. The summed E-state index contributed by atoms with van der Waals surface area (Å²) in [6.07, 6.45) is 0. The Hall–Kier alpha value is -3.44. The Kier molecular flexibility index (Phi) is 4.18. The first-order chi connectivity index (χ1) is 14.2. The van der Waals surface area contributed by atoms with Crippen LogP contribution >= 0.6 is 11.3 Å². The minimum absolute atomic E-state index is 0.00520. The number of benzene rings is 2. The van der Waals surface area contributed by atoms with Crippen molar-refractivity contribution >= 4 is 17.1 Å². The summed E-state index contributed by atoms with van der Waals surface area (Å²) in [5.41, 5.74) is 5.54.